The zero-order valence-electron chi connectivity index (χ0n) is 10.4. The molecule has 1 saturated carbocycles. The molecule has 0 saturated heterocycles. The number of H-pyrrole nitrogens is 2. The molecule has 0 aromatic carbocycles. The van der Waals surface area contributed by atoms with Gasteiger partial charge in [-0.25, -0.2) is 0 Å². The van der Waals surface area contributed by atoms with E-state index in [0.717, 1.165) is 49.2 Å². The van der Waals surface area contributed by atoms with Crippen LogP contribution in [-0.4, -0.2) is 31.3 Å². The average Bonchev–Trinajstić information content (AvgIpc) is 2.83. The highest BCUT2D eigenvalue weighted by Crippen LogP contribution is 2.38. The highest BCUT2D eigenvalue weighted by Gasteiger charge is 2.28. The topological polar surface area (TPSA) is 99.3 Å². The largest absolute Gasteiger partial charge is 0.288 e. The minimum atomic E-state index is -0.235. The van der Waals surface area contributed by atoms with Gasteiger partial charge in [0, 0.05) is 17.2 Å². The number of aromatic amines is 2. The monoisotopic (exact) mass is 258 g/mol. The van der Waals surface area contributed by atoms with Gasteiger partial charge in [0.15, 0.2) is 5.69 Å². The molecule has 7 heteroatoms. The van der Waals surface area contributed by atoms with Crippen LogP contribution < -0.4 is 5.32 Å². The number of aryl methyl sites for hydroxylation is 1. The fourth-order valence-corrected chi connectivity index (χ4v) is 2.54. The molecule has 0 spiro atoms. The molecule has 0 atom stereocenters. The van der Waals surface area contributed by atoms with E-state index in [-0.39, 0.29) is 5.91 Å². The summed E-state index contributed by atoms with van der Waals surface area (Å²) in [5, 5.41) is 16.6. The maximum Gasteiger partial charge on any atom is 0.278 e. The van der Waals surface area contributed by atoms with Crippen LogP contribution in [0.4, 0.5) is 5.95 Å². The van der Waals surface area contributed by atoms with Crippen molar-refractivity contribution in [3.8, 4) is 0 Å². The number of carbonyl (C=O) groups excluding carboxylic acids is 1. The predicted octanol–water partition coefficient (Wildman–Crippen LogP) is 1.15. The van der Waals surface area contributed by atoms with Crippen molar-refractivity contribution in [2.75, 3.05) is 5.32 Å². The van der Waals surface area contributed by atoms with Crippen LogP contribution >= 0.6 is 0 Å². The normalized spacial score (nSPS) is 17.5. The first-order valence-corrected chi connectivity index (χ1v) is 6.61. The van der Waals surface area contributed by atoms with E-state index in [2.05, 4.69) is 30.7 Å². The number of amides is 1. The van der Waals surface area contributed by atoms with Crippen molar-refractivity contribution in [3.05, 3.63) is 22.8 Å². The Morgan fingerprint density at radius 3 is 2.95 bits per heavy atom. The van der Waals surface area contributed by atoms with Gasteiger partial charge in [-0.05, 0) is 32.1 Å². The first-order valence-electron chi connectivity index (χ1n) is 6.61. The van der Waals surface area contributed by atoms with Crippen molar-refractivity contribution in [1.82, 2.24) is 25.4 Å². The van der Waals surface area contributed by atoms with E-state index >= 15 is 0 Å². The third-order valence-electron chi connectivity index (χ3n) is 3.71. The maximum absolute atomic E-state index is 12.1. The van der Waals surface area contributed by atoms with Gasteiger partial charge in [0.05, 0.1) is 0 Å². The molecule has 3 N–H and O–H groups in total. The summed E-state index contributed by atoms with van der Waals surface area (Å²) in [6.07, 6.45) is 5.26. The number of nitrogens with zero attached hydrogens (tertiary/aromatic N) is 3. The summed E-state index contributed by atoms with van der Waals surface area (Å²) in [6.45, 7) is 0. The van der Waals surface area contributed by atoms with Crippen molar-refractivity contribution in [1.29, 1.82) is 0 Å². The van der Waals surface area contributed by atoms with E-state index in [9.17, 15) is 4.79 Å². The van der Waals surface area contributed by atoms with E-state index in [1.54, 1.807) is 0 Å². The predicted molar refractivity (Wildman–Crippen MR) is 66.9 cm³/mol. The Morgan fingerprint density at radius 2 is 2.11 bits per heavy atom. The van der Waals surface area contributed by atoms with E-state index in [1.165, 1.54) is 0 Å². The van der Waals surface area contributed by atoms with Gasteiger partial charge < -0.3 is 0 Å². The SMILES string of the molecule is O=C(Nc1n[nH]c(C2CC2)n1)c1n[nH]c2c1CCC2. The molecule has 0 aliphatic heterocycles. The van der Waals surface area contributed by atoms with Crippen molar-refractivity contribution in [3.63, 3.8) is 0 Å². The van der Waals surface area contributed by atoms with Crippen LogP contribution in [-0.2, 0) is 12.8 Å². The molecule has 1 fully saturated rings. The molecule has 2 aromatic heterocycles. The number of rotatable bonds is 3. The number of aromatic nitrogens is 5. The third kappa shape index (κ3) is 1.81. The van der Waals surface area contributed by atoms with Crippen molar-refractivity contribution in [2.24, 2.45) is 0 Å². The maximum atomic E-state index is 12.1. The van der Waals surface area contributed by atoms with E-state index < -0.39 is 0 Å². The summed E-state index contributed by atoms with van der Waals surface area (Å²) >= 11 is 0. The molecule has 0 radical (unpaired) electrons. The molecular weight excluding hydrogens is 244 g/mol. The lowest BCUT2D eigenvalue weighted by Crippen LogP contribution is -2.15. The van der Waals surface area contributed by atoms with Crippen LogP contribution in [0.1, 0.15) is 52.8 Å². The molecule has 2 aliphatic rings. The second-order valence-corrected chi connectivity index (χ2v) is 5.16. The highest BCUT2D eigenvalue weighted by atomic mass is 16.2. The Hall–Kier alpha value is -2.18. The summed E-state index contributed by atoms with van der Waals surface area (Å²) < 4.78 is 0. The summed E-state index contributed by atoms with van der Waals surface area (Å²) in [4.78, 5) is 16.4. The molecule has 7 nitrogen and oxygen atoms in total. The van der Waals surface area contributed by atoms with Crippen molar-refractivity contribution in [2.45, 2.75) is 38.0 Å². The smallest absolute Gasteiger partial charge is 0.278 e. The third-order valence-corrected chi connectivity index (χ3v) is 3.71. The van der Waals surface area contributed by atoms with Gasteiger partial charge in [-0.2, -0.15) is 10.1 Å². The zero-order chi connectivity index (χ0) is 12.8. The van der Waals surface area contributed by atoms with Gasteiger partial charge in [0.1, 0.15) is 5.82 Å². The molecule has 2 aromatic rings. The second-order valence-electron chi connectivity index (χ2n) is 5.16. The van der Waals surface area contributed by atoms with Gasteiger partial charge >= 0.3 is 0 Å². The number of hydrogen-bond acceptors (Lipinski definition) is 4. The Kier molecular flexibility index (Phi) is 2.20. The van der Waals surface area contributed by atoms with Gasteiger partial charge in [0.2, 0.25) is 5.95 Å². The molecule has 1 amide bonds. The van der Waals surface area contributed by atoms with E-state index in [4.69, 9.17) is 0 Å². The van der Waals surface area contributed by atoms with E-state index in [0.29, 0.717) is 17.6 Å². The van der Waals surface area contributed by atoms with Crippen molar-refractivity contribution >= 4 is 11.9 Å². The summed E-state index contributed by atoms with van der Waals surface area (Å²) in [6, 6.07) is 0. The number of nitrogens with one attached hydrogen (secondary N) is 3. The van der Waals surface area contributed by atoms with Crippen molar-refractivity contribution < 1.29 is 4.79 Å². The number of hydrogen-bond donors (Lipinski definition) is 3. The summed E-state index contributed by atoms with van der Waals surface area (Å²) in [5.74, 6) is 1.46. The molecule has 0 unspecified atom stereocenters. The molecule has 4 rings (SSSR count). The average molecular weight is 258 g/mol. The fourth-order valence-electron chi connectivity index (χ4n) is 2.54. The van der Waals surface area contributed by atoms with Gasteiger partial charge in [-0.1, -0.05) is 0 Å². The number of anilines is 1. The summed E-state index contributed by atoms with van der Waals surface area (Å²) in [5.41, 5.74) is 2.60. The minimum Gasteiger partial charge on any atom is -0.288 e. The van der Waals surface area contributed by atoms with Gasteiger partial charge in [0.25, 0.3) is 5.91 Å². The number of fused-ring (bicyclic) bond motifs is 1. The van der Waals surface area contributed by atoms with Gasteiger partial charge in [-0.3, -0.25) is 20.3 Å². The Bertz CT molecular complexity index is 638. The number of carbonyl (C=O) groups is 1. The highest BCUT2D eigenvalue weighted by molar-refractivity contribution is 6.03. The van der Waals surface area contributed by atoms with E-state index in [1.807, 2.05) is 0 Å². The lowest BCUT2D eigenvalue weighted by molar-refractivity contribution is 0.102. The van der Waals surface area contributed by atoms with Crippen LogP contribution in [0.2, 0.25) is 0 Å². The summed E-state index contributed by atoms with van der Waals surface area (Å²) in [7, 11) is 0. The first kappa shape index (κ1) is 10.7. The lowest BCUT2D eigenvalue weighted by Gasteiger charge is -1.98. The molecule has 2 aliphatic carbocycles. The second kappa shape index (κ2) is 3.91. The van der Waals surface area contributed by atoms with Crippen LogP contribution in [0.3, 0.4) is 0 Å². The minimum absolute atomic E-state index is 0.235. The lowest BCUT2D eigenvalue weighted by atomic mass is 10.2. The first-order chi connectivity index (χ1) is 9.31. The quantitative estimate of drug-likeness (QED) is 0.768. The van der Waals surface area contributed by atoms with Crippen LogP contribution in [0.15, 0.2) is 0 Å². The Balaban J connectivity index is 1.53. The Morgan fingerprint density at radius 1 is 1.21 bits per heavy atom. The fraction of sp³-hybridized carbons (Fsp3) is 0.500. The Labute approximate surface area is 109 Å². The molecule has 98 valence electrons. The molecule has 2 heterocycles. The van der Waals surface area contributed by atoms with Gasteiger partial charge in [-0.15, -0.1) is 5.10 Å². The van der Waals surface area contributed by atoms with Crippen LogP contribution in [0.25, 0.3) is 0 Å². The zero-order valence-corrected chi connectivity index (χ0v) is 10.4. The molecule has 0 bridgehead atoms. The van der Waals surface area contributed by atoms with Crippen LogP contribution in [0, 0.1) is 0 Å². The standard InChI is InChI=1S/C12H14N6O/c19-11(9-7-2-1-3-8(7)15-16-9)14-12-13-10(17-18-12)6-4-5-6/h6H,1-5H2,(H,15,16)(H2,13,14,17,18,19). The molecule has 19 heavy (non-hydrogen) atoms. The van der Waals surface area contributed by atoms with Crippen LogP contribution in [0.5, 0.6) is 0 Å². The molecular formula is C12H14N6O.